The van der Waals surface area contributed by atoms with Crippen LogP contribution in [0, 0.1) is 6.92 Å². The number of hydrogen-bond acceptors (Lipinski definition) is 10. The quantitative estimate of drug-likeness (QED) is 0.0421. The van der Waals surface area contributed by atoms with Crippen LogP contribution in [0.2, 0.25) is 0 Å². The zero-order chi connectivity index (χ0) is 33.0. The number of unbranched alkanes of at least 4 members (excludes halogenated alkanes) is 2. The predicted octanol–water partition coefficient (Wildman–Crippen LogP) is 6.54. The molecule has 0 radical (unpaired) electrons. The Morgan fingerprint density at radius 1 is 0.652 bits per heavy atom. The highest BCUT2D eigenvalue weighted by Crippen LogP contribution is 2.25. The molecule has 3 rings (SSSR count). The predicted molar refractivity (Wildman–Crippen MR) is 171 cm³/mol. The Bertz CT molecular complexity index is 1410. The summed E-state index contributed by atoms with van der Waals surface area (Å²) in [7, 11) is 0. The summed E-state index contributed by atoms with van der Waals surface area (Å²) >= 11 is 0. The second-order valence-electron chi connectivity index (χ2n) is 9.95. The number of benzene rings is 3. The molecule has 0 atom stereocenters. The number of aryl methyl sites for hydroxylation is 1. The smallest absolute Gasteiger partial charge is 0.343 e. The minimum atomic E-state index is -0.491. The molecule has 0 saturated heterocycles. The van der Waals surface area contributed by atoms with Crippen LogP contribution < -0.4 is 18.9 Å². The van der Waals surface area contributed by atoms with Crippen LogP contribution in [0.1, 0.15) is 47.2 Å². The van der Waals surface area contributed by atoms with E-state index in [1.807, 2.05) is 31.2 Å². The van der Waals surface area contributed by atoms with Crippen LogP contribution in [-0.2, 0) is 30.4 Å². The molecule has 0 bridgehead atoms. The van der Waals surface area contributed by atoms with Crippen molar-refractivity contribution in [2.45, 2.75) is 39.2 Å². The van der Waals surface area contributed by atoms with Crippen molar-refractivity contribution in [1.29, 1.82) is 0 Å². The summed E-state index contributed by atoms with van der Waals surface area (Å²) in [6.45, 7) is 10.6. The lowest BCUT2D eigenvalue weighted by molar-refractivity contribution is -0.138. The largest absolute Gasteiger partial charge is 0.494 e. The number of hydrogen-bond donors (Lipinski definition) is 0. The molecule has 0 fully saturated rings. The monoisotopic (exact) mass is 632 g/mol. The Hall–Kier alpha value is -5.09. The molecule has 0 heterocycles. The number of ether oxygens (including phenoxy) is 7. The molecular weight excluding hydrogens is 592 g/mol. The minimum Gasteiger partial charge on any atom is -0.494 e. The summed E-state index contributed by atoms with van der Waals surface area (Å²) in [5.74, 6) is 1.04. The molecule has 0 aromatic heterocycles. The van der Waals surface area contributed by atoms with Gasteiger partial charge in [-0.3, -0.25) is 0 Å². The van der Waals surface area contributed by atoms with Gasteiger partial charge in [-0.25, -0.2) is 14.4 Å². The van der Waals surface area contributed by atoms with Gasteiger partial charge >= 0.3 is 17.9 Å². The maximum absolute atomic E-state index is 12.6. The van der Waals surface area contributed by atoms with Crippen molar-refractivity contribution in [1.82, 2.24) is 0 Å². The molecular formula is C36H40O10. The van der Waals surface area contributed by atoms with Crippen molar-refractivity contribution in [2.24, 2.45) is 0 Å². The third kappa shape index (κ3) is 13.3. The third-order valence-electron chi connectivity index (χ3n) is 6.37. The lowest BCUT2D eigenvalue weighted by atomic mass is 10.2. The minimum absolute atomic E-state index is 0.0475. The van der Waals surface area contributed by atoms with Gasteiger partial charge < -0.3 is 33.2 Å². The molecule has 0 spiro atoms. The highest BCUT2D eigenvalue weighted by atomic mass is 16.7. The molecule has 10 heteroatoms. The van der Waals surface area contributed by atoms with E-state index in [-0.39, 0.29) is 6.79 Å². The van der Waals surface area contributed by atoms with E-state index in [1.165, 1.54) is 0 Å². The van der Waals surface area contributed by atoms with E-state index in [2.05, 4.69) is 13.2 Å². The van der Waals surface area contributed by atoms with E-state index in [1.54, 1.807) is 42.5 Å². The van der Waals surface area contributed by atoms with E-state index in [0.717, 1.165) is 35.4 Å². The van der Waals surface area contributed by atoms with Gasteiger partial charge in [-0.1, -0.05) is 25.3 Å². The average Bonchev–Trinajstić information content (AvgIpc) is 3.07. The van der Waals surface area contributed by atoms with Crippen molar-refractivity contribution >= 4 is 17.9 Å². The van der Waals surface area contributed by atoms with E-state index in [4.69, 9.17) is 33.2 Å². The third-order valence-corrected chi connectivity index (χ3v) is 6.37. The normalized spacial score (nSPS) is 10.4. The van der Waals surface area contributed by atoms with Gasteiger partial charge in [0.1, 0.15) is 23.0 Å². The van der Waals surface area contributed by atoms with Crippen molar-refractivity contribution in [2.75, 3.05) is 33.2 Å². The first-order valence-electron chi connectivity index (χ1n) is 14.9. The molecule has 0 aliphatic heterocycles. The lowest BCUT2D eigenvalue weighted by Gasteiger charge is -2.12. The van der Waals surface area contributed by atoms with E-state index in [9.17, 15) is 14.4 Å². The highest BCUT2D eigenvalue weighted by molar-refractivity contribution is 5.91. The standard InChI is InChI=1S/C36H40O10/c1-4-34(37)43-22-8-6-20-41-30-14-10-28(11-15-30)25-40-26-45-33-19-18-32(24-27(33)3)46-36(39)29-12-16-31(17-13-29)42-21-7-9-23-44-35(38)5-2/h4-5,10-19,24H,1-2,6-9,20-23,25-26H2,3H3. The van der Waals surface area contributed by atoms with Crippen LogP contribution in [-0.4, -0.2) is 51.1 Å². The highest BCUT2D eigenvalue weighted by Gasteiger charge is 2.11. The summed E-state index contributed by atoms with van der Waals surface area (Å²) in [5, 5.41) is 0. The van der Waals surface area contributed by atoms with Crippen molar-refractivity contribution < 1.29 is 47.5 Å². The summed E-state index contributed by atoms with van der Waals surface area (Å²) < 4.78 is 38.2. The molecule has 0 amide bonds. The van der Waals surface area contributed by atoms with Gasteiger partial charge in [-0.15, -0.1) is 0 Å². The molecule has 3 aromatic rings. The maximum atomic E-state index is 12.6. The van der Waals surface area contributed by atoms with E-state index >= 15 is 0 Å². The molecule has 3 aromatic carbocycles. The number of carbonyl (C=O) groups excluding carboxylic acids is 3. The topological polar surface area (TPSA) is 116 Å². The van der Waals surface area contributed by atoms with E-state index < -0.39 is 17.9 Å². The van der Waals surface area contributed by atoms with Crippen molar-refractivity contribution in [3.05, 3.63) is 109 Å². The second-order valence-corrected chi connectivity index (χ2v) is 9.95. The first kappa shape index (κ1) is 35.4. The van der Waals surface area contributed by atoms with Gasteiger partial charge in [0.05, 0.1) is 38.6 Å². The van der Waals surface area contributed by atoms with Gasteiger partial charge in [0.15, 0.2) is 6.79 Å². The Morgan fingerprint density at radius 3 is 1.72 bits per heavy atom. The van der Waals surface area contributed by atoms with Crippen LogP contribution in [0.3, 0.4) is 0 Å². The molecule has 0 unspecified atom stereocenters. The Labute approximate surface area is 269 Å². The number of esters is 3. The van der Waals surface area contributed by atoms with Crippen molar-refractivity contribution in [3.63, 3.8) is 0 Å². The fraction of sp³-hybridized carbons (Fsp3) is 0.306. The first-order valence-corrected chi connectivity index (χ1v) is 14.9. The maximum Gasteiger partial charge on any atom is 0.343 e. The Balaban J connectivity index is 1.32. The molecule has 0 aliphatic carbocycles. The molecule has 0 aliphatic rings. The number of carbonyl (C=O) groups is 3. The first-order chi connectivity index (χ1) is 22.4. The van der Waals surface area contributed by atoms with Gasteiger partial charge in [0.25, 0.3) is 0 Å². The zero-order valence-electron chi connectivity index (χ0n) is 26.1. The molecule has 0 saturated carbocycles. The Morgan fingerprint density at radius 2 is 1.17 bits per heavy atom. The summed E-state index contributed by atoms with van der Waals surface area (Å²) in [5.41, 5.74) is 2.14. The van der Waals surface area contributed by atoms with Crippen LogP contribution in [0.25, 0.3) is 0 Å². The lowest BCUT2D eigenvalue weighted by Crippen LogP contribution is -2.09. The second kappa shape index (κ2) is 20.0. The van der Waals surface area contributed by atoms with E-state index in [0.29, 0.717) is 75.1 Å². The SMILES string of the molecule is C=CC(=O)OCCCCOc1ccc(COCOc2ccc(OC(=O)c3ccc(OCCCCOC(=O)C=C)cc3)cc2C)cc1. The van der Waals surface area contributed by atoms with Gasteiger partial charge in [0.2, 0.25) is 0 Å². The molecule has 46 heavy (non-hydrogen) atoms. The molecule has 244 valence electrons. The van der Waals surface area contributed by atoms with Gasteiger partial charge in [0, 0.05) is 12.2 Å². The summed E-state index contributed by atoms with van der Waals surface area (Å²) in [6, 6.07) is 19.4. The number of rotatable bonds is 21. The molecule has 10 nitrogen and oxygen atoms in total. The molecule has 0 N–H and O–H groups in total. The van der Waals surface area contributed by atoms with Crippen molar-refractivity contribution in [3.8, 4) is 23.0 Å². The van der Waals surface area contributed by atoms with Gasteiger partial charge in [-0.2, -0.15) is 0 Å². The summed E-state index contributed by atoms with van der Waals surface area (Å²) in [4.78, 5) is 34.7. The van der Waals surface area contributed by atoms with Crippen LogP contribution >= 0.6 is 0 Å². The fourth-order valence-electron chi connectivity index (χ4n) is 3.90. The average molecular weight is 633 g/mol. The zero-order valence-corrected chi connectivity index (χ0v) is 26.1. The van der Waals surface area contributed by atoms with Crippen LogP contribution in [0.5, 0.6) is 23.0 Å². The van der Waals surface area contributed by atoms with Crippen LogP contribution in [0.15, 0.2) is 92.0 Å². The fourth-order valence-corrected chi connectivity index (χ4v) is 3.90. The van der Waals surface area contributed by atoms with Gasteiger partial charge in [-0.05, 0) is 98.3 Å². The summed E-state index contributed by atoms with van der Waals surface area (Å²) in [6.07, 6.45) is 5.15. The van der Waals surface area contributed by atoms with Crippen LogP contribution in [0.4, 0.5) is 0 Å². The Kier molecular flexibility index (Phi) is 15.4.